The Balaban J connectivity index is 2.70. The van der Waals surface area contributed by atoms with Gasteiger partial charge in [-0.1, -0.05) is 0 Å². The highest BCUT2D eigenvalue weighted by Crippen LogP contribution is 1.78. The van der Waals surface area contributed by atoms with Gasteiger partial charge in [0, 0.05) is 7.11 Å². The van der Waals surface area contributed by atoms with E-state index in [1.54, 1.807) is 7.11 Å². The zero-order valence-corrected chi connectivity index (χ0v) is 5.91. The molecule has 0 bridgehead atoms. The van der Waals surface area contributed by atoms with Crippen molar-refractivity contribution >= 4 is 0 Å². The smallest absolute Gasteiger partial charge is 0.155 e. The summed E-state index contributed by atoms with van der Waals surface area (Å²) in [6.45, 7) is 1.63. The van der Waals surface area contributed by atoms with Crippen molar-refractivity contribution in [2.24, 2.45) is 5.34 Å². The number of hydrogen-bond acceptors (Lipinski definition) is 5. The summed E-state index contributed by atoms with van der Waals surface area (Å²) in [7, 11) is 1.59. The Labute approximate surface area is 59.2 Å². The topological polar surface area (TPSA) is 57.1 Å². The molecule has 0 heterocycles. The summed E-state index contributed by atoms with van der Waals surface area (Å²) >= 11 is 0. The SMILES string of the molecule is COCCOCCON=O. The van der Waals surface area contributed by atoms with Gasteiger partial charge < -0.3 is 14.3 Å². The Morgan fingerprint density at radius 2 is 1.90 bits per heavy atom. The highest BCUT2D eigenvalue weighted by Gasteiger charge is 1.87. The van der Waals surface area contributed by atoms with E-state index in [0.29, 0.717) is 19.8 Å². The Morgan fingerprint density at radius 1 is 1.20 bits per heavy atom. The summed E-state index contributed by atoms with van der Waals surface area (Å²) in [4.78, 5) is 13.5. The van der Waals surface area contributed by atoms with E-state index in [0.717, 1.165) is 0 Å². The molecule has 0 atom stereocenters. The number of rotatable bonds is 7. The lowest BCUT2D eigenvalue weighted by atomic mass is 10.7. The second kappa shape index (κ2) is 8.32. The zero-order chi connectivity index (χ0) is 7.66. The van der Waals surface area contributed by atoms with E-state index in [1.165, 1.54) is 0 Å². The number of nitrogens with zero attached hydrogens (tertiary/aromatic N) is 1. The fraction of sp³-hybridized carbons (Fsp3) is 1.00. The van der Waals surface area contributed by atoms with E-state index in [1.807, 2.05) is 0 Å². The van der Waals surface area contributed by atoms with Crippen LogP contribution in [0.5, 0.6) is 0 Å². The molecule has 10 heavy (non-hydrogen) atoms. The van der Waals surface area contributed by atoms with Crippen LogP contribution in [0.4, 0.5) is 0 Å². The van der Waals surface area contributed by atoms with Gasteiger partial charge in [0.25, 0.3) is 0 Å². The van der Waals surface area contributed by atoms with E-state index in [2.05, 4.69) is 10.2 Å². The average molecular weight is 149 g/mol. The molecule has 0 amide bonds. The van der Waals surface area contributed by atoms with Gasteiger partial charge in [0.15, 0.2) is 5.34 Å². The van der Waals surface area contributed by atoms with Crippen LogP contribution in [0.3, 0.4) is 0 Å². The van der Waals surface area contributed by atoms with Gasteiger partial charge in [0.2, 0.25) is 0 Å². The fourth-order valence-corrected chi connectivity index (χ4v) is 0.378. The maximum atomic E-state index is 9.34. The molecular weight excluding hydrogens is 138 g/mol. The molecule has 0 saturated carbocycles. The Morgan fingerprint density at radius 3 is 2.50 bits per heavy atom. The highest BCUT2D eigenvalue weighted by molar-refractivity contribution is 4.28. The summed E-state index contributed by atoms with van der Waals surface area (Å²) in [5.41, 5.74) is 0. The molecule has 0 unspecified atom stereocenters. The van der Waals surface area contributed by atoms with Gasteiger partial charge in [0.1, 0.15) is 6.61 Å². The van der Waals surface area contributed by atoms with Crippen molar-refractivity contribution in [1.82, 2.24) is 0 Å². The minimum absolute atomic E-state index is 0.202. The Kier molecular flexibility index (Phi) is 7.75. The monoisotopic (exact) mass is 149 g/mol. The predicted octanol–water partition coefficient (Wildman–Crippen LogP) is 0.347. The van der Waals surface area contributed by atoms with Crippen LogP contribution in [0.1, 0.15) is 0 Å². The van der Waals surface area contributed by atoms with Crippen molar-refractivity contribution in [3.8, 4) is 0 Å². The molecule has 0 radical (unpaired) electrons. The van der Waals surface area contributed by atoms with Crippen LogP contribution in [0.15, 0.2) is 5.34 Å². The molecule has 0 fully saturated rings. The molecule has 5 heteroatoms. The molecule has 0 aliphatic carbocycles. The Bertz CT molecular complexity index is 78.0. The third kappa shape index (κ3) is 7.32. The standard InChI is InChI=1S/C5H11NO4/c1-8-2-3-9-4-5-10-6-7/h2-5H2,1H3. The van der Waals surface area contributed by atoms with Gasteiger partial charge in [-0.25, -0.2) is 0 Å². The van der Waals surface area contributed by atoms with E-state index < -0.39 is 0 Å². The van der Waals surface area contributed by atoms with Crippen LogP contribution in [-0.2, 0) is 14.3 Å². The van der Waals surface area contributed by atoms with Crippen molar-refractivity contribution in [1.29, 1.82) is 0 Å². The summed E-state index contributed by atoms with van der Waals surface area (Å²) < 4.78 is 9.62. The number of methoxy groups -OCH3 is 1. The van der Waals surface area contributed by atoms with Crippen LogP contribution >= 0.6 is 0 Å². The predicted molar refractivity (Wildman–Crippen MR) is 34.4 cm³/mol. The first-order valence-electron chi connectivity index (χ1n) is 2.93. The lowest BCUT2D eigenvalue weighted by molar-refractivity contribution is 0.0253. The van der Waals surface area contributed by atoms with Crippen molar-refractivity contribution in [3.05, 3.63) is 4.91 Å². The van der Waals surface area contributed by atoms with Gasteiger partial charge in [-0.05, 0) is 0 Å². The molecule has 0 aliphatic rings. The average Bonchev–Trinajstić information content (AvgIpc) is 1.97. The summed E-state index contributed by atoms with van der Waals surface area (Å²) in [6.07, 6.45) is 0. The second-order valence-electron chi connectivity index (χ2n) is 1.51. The molecule has 0 aliphatic heterocycles. The van der Waals surface area contributed by atoms with Crippen molar-refractivity contribution in [2.75, 3.05) is 33.5 Å². The van der Waals surface area contributed by atoms with Gasteiger partial charge in [-0.2, -0.15) is 0 Å². The van der Waals surface area contributed by atoms with Gasteiger partial charge in [-0.3, -0.25) is 0 Å². The maximum Gasteiger partial charge on any atom is 0.155 e. The minimum Gasteiger partial charge on any atom is -0.382 e. The van der Waals surface area contributed by atoms with Crippen molar-refractivity contribution in [3.63, 3.8) is 0 Å². The molecule has 0 aromatic carbocycles. The molecular formula is C5H11NO4. The maximum absolute atomic E-state index is 9.34. The summed E-state index contributed by atoms with van der Waals surface area (Å²) in [5, 5.41) is 2.19. The van der Waals surface area contributed by atoms with Crippen molar-refractivity contribution < 1.29 is 14.3 Å². The second-order valence-corrected chi connectivity index (χ2v) is 1.51. The highest BCUT2D eigenvalue weighted by atomic mass is 16.7. The first-order valence-corrected chi connectivity index (χ1v) is 2.93. The van der Waals surface area contributed by atoms with Crippen LogP contribution in [0, 0.1) is 4.91 Å². The van der Waals surface area contributed by atoms with E-state index in [-0.39, 0.29) is 6.61 Å². The summed E-state index contributed by atoms with van der Waals surface area (Å²) in [6, 6.07) is 0. The van der Waals surface area contributed by atoms with Gasteiger partial charge in [-0.15, -0.1) is 4.91 Å². The largest absolute Gasteiger partial charge is 0.382 e. The first-order chi connectivity index (χ1) is 4.91. The third-order valence-corrected chi connectivity index (χ3v) is 0.803. The quantitative estimate of drug-likeness (QED) is 0.297. The lowest BCUT2D eigenvalue weighted by Gasteiger charge is -1.99. The van der Waals surface area contributed by atoms with E-state index >= 15 is 0 Å². The Hall–Kier alpha value is -0.680. The molecule has 0 aromatic heterocycles. The number of ether oxygens (including phenoxy) is 2. The molecule has 0 N–H and O–H groups in total. The van der Waals surface area contributed by atoms with Crippen LogP contribution in [-0.4, -0.2) is 33.5 Å². The molecule has 0 spiro atoms. The minimum atomic E-state index is 0.202. The zero-order valence-electron chi connectivity index (χ0n) is 5.91. The van der Waals surface area contributed by atoms with Gasteiger partial charge in [0.05, 0.1) is 19.8 Å². The van der Waals surface area contributed by atoms with E-state index in [4.69, 9.17) is 9.47 Å². The lowest BCUT2D eigenvalue weighted by Crippen LogP contribution is -2.06. The third-order valence-electron chi connectivity index (χ3n) is 0.803. The molecule has 0 aromatic rings. The molecule has 5 nitrogen and oxygen atoms in total. The normalized spacial score (nSPS) is 9.30. The summed E-state index contributed by atoms with van der Waals surface area (Å²) in [5.74, 6) is 0. The van der Waals surface area contributed by atoms with Crippen LogP contribution in [0.25, 0.3) is 0 Å². The van der Waals surface area contributed by atoms with Crippen LogP contribution in [0.2, 0.25) is 0 Å². The molecule has 0 rings (SSSR count). The van der Waals surface area contributed by atoms with Crippen LogP contribution < -0.4 is 0 Å². The molecule has 0 saturated heterocycles. The van der Waals surface area contributed by atoms with E-state index in [9.17, 15) is 4.91 Å². The van der Waals surface area contributed by atoms with Gasteiger partial charge >= 0.3 is 0 Å². The number of hydrogen-bond donors (Lipinski definition) is 0. The van der Waals surface area contributed by atoms with Crippen molar-refractivity contribution in [2.45, 2.75) is 0 Å². The molecule has 60 valence electrons. The first kappa shape index (κ1) is 9.32. The fourth-order valence-electron chi connectivity index (χ4n) is 0.378.